The third kappa shape index (κ3) is 2.75. The summed E-state index contributed by atoms with van der Waals surface area (Å²) >= 11 is 0. The molecule has 1 saturated heterocycles. The number of ether oxygens (including phenoxy) is 1. The molecule has 1 aromatic heterocycles. The van der Waals surface area contributed by atoms with Gasteiger partial charge in [-0.2, -0.15) is 4.98 Å². The van der Waals surface area contributed by atoms with Gasteiger partial charge < -0.3 is 14.4 Å². The fourth-order valence-electron chi connectivity index (χ4n) is 2.18. The van der Waals surface area contributed by atoms with Gasteiger partial charge in [-0.05, 0) is 32.3 Å². The Morgan fingerprint density at radius 2 is 2.41 bits per heavy atom. The molecule has 0 aliphatic carbocycles. The molecule has 1 aliphatic heterocycles. The SMILES string of the molecule is CCOc1cccc(N2CCCCC2C=O)n1. The maximum Gasteiger partial charge on any atom is 0.215 e. The molecule has 1 unspecified atom stereocenters. The first kappa shape index (κ1) is 11.9. The van der Waals surface area contributed by atoms with Gasteiger partial charge in [-0.1, -0.05) is 6.07 Å². The average Bonchev–Trinajstić information content (AvgIpc) is 2.39. The molecule has 4 heteroatoms. The topological polar surface area (TPSA) is 42.4 Å². The molecular weight excluding hydrogens is 216 g/mol. The summed E-state index contributed by atoms with van der Waals surface area (Å²) in [6, 6.07) is 5.66. The molecule has 1 fully saturated rings. The van der Waals surface area contributed by atoms with Crippen molar-refractivity contribution in [2.24, 2.45) is 0 Å². The summed E-state index contributed by atoms with van der Waals surface area (Å²) in [5.74, 6) is 1.47. The lowest BCUT2D eigenvalue weighted by molar-refractivity contribution is -0.109. The predicted octanol–water partition coefficient (Wildman–Crippen LogP) is 2.04. The zero-order chi connectivity index (χ0) is 12.1. The number of nitrogens with zero attached hydrogens (tertiary/aromatic N) is 2. The minimum atomic E-state index is -0.0341. The molecule has 0 aromatic carbocycles. The lowest BCUT2D eigenvalue weighted by Crippen LogP contribution is -2.41. The fourth-order valence-corrected chi connectivity index (χ4v) is 2.18. The Bertz CT molecular complexity index is 381. The van der Waals surface area contributed by atoms with Crippen LogP contribution in [0.1, 0.15) is 26.2 Å². The van der Waals surface area contributed by atoms with Crippen molar-refractivity contribution in [3.05, 3.63) is 18.2 Å². The molecule has 1 aromatic rings. The van der Waals surface area contributed by atoms with Crippen LogP contribution in [-0.2, 0) is 4.79 Å². The van der Waals surface area contributed by atoms with E-state index in [2.05, 4.69) is 9.88 Å². The molecule has 2 rings (SSSR count). The normalized spacial score (nSPS) is 20.1. The number of aromatic nitrogens is 1. The number of hydrogen-bond donors (Lipinski definition) is 0. The Labute approximate surface area is 102 Å². The molecule has 0 saturated carbocycles. The maximum absolute atomic E-state index is 11.1. The van der Waals surface area contributed by atoms with Gasteiger partial charge in [0, 0.05) is 12.6 Å². The van der Waals surface area contributed by atoms with Crippen LogP contribution in [-0.4, -0.2) is 30.5 Å². The van der Waals surface area contributed by atoms with Crippen molar-refractivity contribution in [3.8, 4) is 5.88 Å². The van der Waals surface area contributed by atoms with Gasteiger partial charge in [0.2, 0.25) is 5.88 Å². The van der Waals surface area contributed by atoms with E-state index in [1.165, 1.54) is 0 Å². The summed E-state index contributed by atoms with van der Waals surface area (Å²) in [5.41, 5.74) is 0. The molecule has 0 bridgehead atoms. The summed E-state index contributed by atoms with van der Waals surface area (Å²) in [6.45, 7) is 3.43. The van der Waals surface area contributed by atoms with Crippen molar-refractivity contribution in [2.75, 3.05) is 18.1 Å². The van der Waals surface area contributed by atoms with Gasteiger partial charge in [0.15, 0.2) is 0 Å². The first-order valence-corrected chi connectivity index (χ1v) is 6.17. The van der Waals surface area contributed by atoms with Gasteiger partial charge in [0.1, 0.15) is 12.1 Å². The van der Waals surface area contributed by atoms with Crippen molar-refractivity contribution >= 4 is 12.1 Å². The summed E-state index contributed by atoms with van der Waals surface area (Å²) in [5, 5.41) is 0. The number of aldehydes is 1. The van der Waals surface area contributed by atoms with Gasteiger partial charge >= 0.3 is 0 Å². The van der Waals surface area contributed by atoms with Gasteiger partial charge in [-0.15, -0.1) is 0 Å². The van der Waals surface area contributed by atoms with Gasteiger partial charge in [0.25, 0.3) is 0 Å². The second-order valence-electron chi connectivity index (χ2n) is 4.16. The van der Waals surface area contributed by atoms with Crippen LogP contribution in [0.3, 0.4) is 0 Å². The molecule has 92 valence electrons. The molecule has 2 heterocycles. The van der Waals surface area contributed by atoms with E-state index in [1.54, 1.807) is 0 Å². The van der Waals surface area contributed by atoms with Crippen molar-refractivity contribution in [1.29, 1.82) is 0 Å². The van der Waals surface area contributed by atoms with Gasteiger partial charge in [0.05, 0.1) is 12.6 Å². The van der Waals surface area contributed by atoms with Crippen LogP contribution in [0, 0.1) is 0 Å². The van der Waals surface area contributed by atoms with E-state index < -0.39 is 0 Å². The van der Waals surface area contributed by atoms with E-state index >= 15 is 0 Å². The molecule has 1 atom stereocenters. The van der Waals surface area contributed by atoms with Crippen LogP contribution in [0.25, 0.3) is 0 Å². The molecule has 4 nitrogen and oxygen atoms in total. The summed E-state index contributed by atoms with van der Waals surface area (Å²) in [6.07, 6.45) is 4.17. The van der Waals surface area contributed by atoms with Crippen LogP contribution in [0.4, 0.5) is 5.82 Å². The molecule has 0 spiro atoms. The first-order chi connectivity index (χ1) is 8.35. The number of hydrogen-bond acceptors (Lipinski definition) is 4. The van der Waals surface area contributed by atoms with E-state index in [0.717, 1.165) is 37.9 Å². The van der Waals surface area contributed by atoms with E-state index in [1.807, 2.05) is 25.1 Å². The largest absolute Gasteiger partial charge is 0.478 e. The van der Waals surface area contributed by atoms with Crippen molar-refractivity contribution in [3.63, 3.8) is 0 Å². The number of anilines is 1. The van der Waals surface area contributed by atoms with Crippen LogP contribution in [0.2, 0.25) is 0 Å². The molecule has 0 radical (unpaired) electrons. The van der Waals surface area contributed by atoms with Crippen LogP contribution >= 0.6 is 0 Å². The van der Waals surface area contributed by atoms with Crippen molar-refractivity contribution in [1.82, 2.24) is 4.98 Å². The maximum atomic E-state index is 11.1. The Balaban J connectivity index is 2.19. The Morgan fingerprint density at radius 1 is 1.53 bits per heavy atom. The summed E-state index contributed by atoms with van der Waals surface area (Å²) in [7, 11) is 0. The lowest BCUT2D eigenvalue weighted by atomic mass is 10.0. The minimum Gasteiger partial charge on any atom is -0.478 e. The van der Waals surface area contributed by atoms with E-state index in [4.69, 9.17) is 4.74 Å². The average molecular weight is 234 g/mol. The minimum absolute atomic E-state index is 0.0341. The highest BCUT2D eigenvalue weighted by Gasteiger charge is 2.23. The number of carbonyl (C=O) groups is 1. The Morgan fingerprint density at radius 3 is 3.18 bits per heavy atom. The number of pyridine rings is 1. The number of carbonyl (C=O) groups excluding carboxylic acids is 1. The Kier molecular flexibility index (Phi) is 3.96. The molecule has 17 heavy (non-hydrogen) atoms. The van der Waals surface area contributed by atoms with Crippen LogP contribution < -0.4 is 9.64 Å². The monoisotopic (exact) mass is 234 g/mol. The van der Waals surface area contributed by atoms with Crippen molar-refractivity contribution in [2.45, 2.75) is 32.2 Å². The highest BCUT2D eigenvalue weighted by Crippen LogP contribution is 2.23. The number of rotatable bonds is 4. The second kappa shape index (κ2) is 5.66. The van der Waals surface area contributed by atoms with Crippen LogP contribution in [0.5, 0.6) is 5.88 Å². The molecule has 0 amide bonds. The number of piperidine rings is 1. The third-order valence-corrected chi connectivity index (χ3v) is 3.00. The highest BCUT2D eigenvalue weighted by atomic mass is 16.5. The fraction of sp³-hybridized carbons (Fsp3) is 0.538. The quantitative estimate of drug-likeness (QED) is 0.748. The summed E-state index contributed by atoms with van der Waals surface area (Å²) < 4.78 is 5.38. The van der Waals surface area contributed by atoms with Gasteiger partial charge in [-0.25, -0.2) is 0 Å². The van der Waals surface area contributed by atoms with E-state index in [9.17, 15) is 4.79 Å². The predicted molar refractivity (Wildman–Crippen MR) is 66.5 cm³/mol. The third-order valence-electron chi connectivity index (χ3n) is 3.00. The standard InChI is InChI=1S/C13H18N2O2/c1-2-17-13-8-5-7-12(14-13)15-9-4-3-6-11(15)10-16/h5,7-8,10-11H,2-4,6,9H2,1H3. The zero-order valence-electron chi connectivity index (χ0n) is 10.1. The molecular formula is C13H18N2O2. The van der Waals surface area contributed by atoms with Crippen LogP contribution in [0.15, 0.2) is 18.2 Å². The Hall–Kier alpha value is -1.58. The van der Waals surface area contributed by atoms with Gasteiger partial charge in [-0.3, -0.25) is 0 Å². The van der Waals surface area contributed by atoms with E-state index in [0.29, 0.717) is 12.5 Å². The summed E-state index contributed by atoms with van der Waals surface area (Å²) in [4.78, 5) is 17.6. The molecule has 0 N–H and O–H groups in total. The molecule has 1 aliphatic rings. The first-order valence-electron chi connectivity index (χ1n) is 6.17. The highest BCUT2D eigenvalue weighted by molar-refractivity contribution is 5.65. The lowest BCUT2D eigenvalue weighted by Gasteiger charge is -2.33. The second-order valence-corrected chi connectivity index (χ2v) is 4.16. The zero-order valence-corrected chi connectivity index (χ0v) is 10.1. The smallest absolute Gasteiger partial charge is 0.215 e. The van der Waals surface area contributed by atoms with Crippen molar-refractivity contribution < 1.29 is 9.53 Å². The van der Waals surface area contributed by atoms with E-state index in [-0.39, 0.29) is 6.04 Å².